The van der Waals surface area contributed by atoms with E-state index in [-0.39, 0.29) is 11.8 Å². The SMILES string of the molecule is CC12CCC3C(CCC4C/C(=C/CCC(=O)O)CCC43C)C1CCC2=O. The molecule has 0 aromatic heterocycles. The summed E-state index contributed by atoms with van der Waals surface area (Å²) < 4.78 is 0. The van der Waals surface area contributed by atoms with Gasteiger partial charge in [-0.05, 0) is 86.9 Å². The van der Waals surface area contributed by atoms with Gasteiger partial charge in [0.1, 0.15) is 5.78 Å². The third-order valence-electron chi connectivity index (χ3n) is 9.06. The molecular weight excluding hydrogens is 324 g/mol. The molecule has 6 atom stereocenters. The van der Waals surface area contributed by atoms with Crippen LogP contribution in [-0.2, 0) is 9.59 Å². The van der Waals surface area contributed by atoms with Crippen LogP contribution < -0.4 is 0 Å². The minimum absolute atomic E-state index is 0.0130. The molecule has 0 spiro atoms. The average molecular weight is 359 g/mol. The Labute approximate surface area is 157 Å². The first-order chi connectivity index (χ1) is 12.3. The fourth-order valence-corrected chi connectivity index (χ4v) is 7.46. The molecule has 0 aliphatic heterocycles. The topological polar surface area (TPSA) is 54.4 Å². The second-order valence-electron chi connectivity index (χ2n) is 10.1. The van der Waals surface area contributed by atoms with Gasteiger partial charge in [-0.3, -0.25) is 9.59 Å². The molecule has 144 valence electrons. The van der Waals surface area contributed by atoms with Crippen molar-refractivity contribution in [2.45, 2.75) is 84.5 Å². The van der Waals surface area contributed by atoms with Gasteiger partial charge in [-0.15, -0.1) is 0 Å². The zero-order chi connectivity index (χ0) is 18.5. The third kappa shape index (κ3) is 2.77. The first-order valence-corrected chi connectivity index (χ1v) is 10.8. The predicted octanol–water partition coefficient (Wildman–Crippen LogP) is 5.39. The smallest absolute Gasteiger partial charge is 0.303 e. The molecule has 0 aromatic rings. The van der Waals surface area contributed by atoms with E-state index in [4.69, 9.17) is 5.11 Å². The number of carbonyl (C=O) groups is 2. The molecule has 4 aliphatic rings. The normalized spacial score (nSPS) is 46.5. The van der Waals surface area contributed by atoms with E-state index in [0.29, 0.717) is 23.5 Å². The summed E-state index contributed by atoms with van der Waals surface area (Å²) >= 11 is 0. The van der Waals surface area contributed by atoms with Crippen molar-refractivity contribution in [3.05, 3.63) is 11.6 Å². The Hall–Kier alpha value is -1.12. The lowest BCUT2D eigenvalue weighted by molar-refractivity contribution is -0.137. The van der Waals surface area contributed by atoms with Gasteiger partial charge in [0.05, 0.1) is 0 Å². The fraction of sp³-hybridized carbons (Fsp3) is 0.826. The second kappa shape index (κ2) is 6.49. The molecule has 1 N–H and O–H groups in total. The maximum Gasteiger partial charge on any atom is 0.303 e. The van der Waals surface area contributed by atoms with Gasteiger partial charge in [0.15, 0.2) is 0 Å². The Kier molecular flexibility index (Phi) is 4.56. The number of rotatable bonds is 3. The van der Waals surface area contributed by atoms with Gasteiger partial charge in [0.2, 0.25) is 0 Å². The van der Waals surface area contributed by atoms with Gasteiger partial charge in [-0.1, -0.05) is 25.5 Å². The number of hydrogen-bond donors (Lipinski definition) is 1. The molecule has 0 bridgehead atoms. The Morgan fingerprint density at radius 1 is 1.12 bits per heavy atom. The molecule has 3 heteroatoms. The number of hydrogen-bond acceptors (Lipinski definition) is 2. The first kappa shape index (κ1) is 18.3. The fourth-order valence-electron chi connectivity index (χ4n) is 7.46. The zero-order valence-electron chi connectivity index (χ0n) is 16.4. The number of carbonyl (C=O) groups excluding carboxylic acids is 1. The lowest BCUT2D eigenvalue weighted by Gasteiger charge is -2.59. The standard InChI is InChI=1S/C23H34O3/c1-22-12-10-15(4-3-5-21(25)26)14-16(22)6-7-17-18-8-9-20(24)23(18,2)13-11-19(17)22/h4,16-19H,3,5-14H2,1-2H3,(H,25,26)/b15-4+. The van der Waals surface area contributed by atoms with E-state index in [1.54, 1.807) is 0 Å². The monoisotopic (exact) mass is 358 g/mol. The highest BCUT2D eigenvalue weighted by atomic mass is 16.4. The van der Waals surface area contributed by atoms with Gasteiger partial charge in [0, 0.05) is 18.3 Å². The molecule has 4 aliphatic carbocycles. The molecule has 6 unspecified atom stereocenters. The van der Waals surface area contributed by atoms with E-state index >= 15 is 0 Å². The van der Waals surface area contributed by atoms with Gasteiger partial charge in [-0.25, -0.2) is 0 Å². The number of carboxylic acids is 1. The van der Waals surface area contributed by atoms with Gasteiger partial charge in [-0.2, -0.15) is 0 Å². The van der Waals surface area contributed by atoms with Gasteiger partial charge < -0.3 is 5.11 Å². The van der Waals surface area contributed by atoms with Crippen LogP contribution in [0, 0.1) is 34.5 Å². The maximum absolute atomic E-state index is 12.5. The van der Waals surface area contributed by atoms with Gasteiger partial charge in [0.25, 0.3) is 0 Å². The number of ketones is 1. The molecule has 4 fully saturated rings. The first-order valence-electron chi connectivity index (χ1n) is 10.8. The Bertz CT molecular complexity index is 635. The summed E-state index contributed by atoms with van der Waals surface area (Å²) in [5.74, 6) is 2.80. The molecule has 0 heterocycles. The Balaban J connectivity index is 1.49. The Morgan fingerprint density at radius 2 is 1.92 bits per heavy atom. The van der Waals surface area contributed by atoms with Gasteiger partial charge >= 0.3 is 5.97 Å². The lowest BCUT2D eigenvalue weighted by Crippen LogP contribution is -2.53. The van der Waals surface area contributed by atoms with Crippen molar-refractivity contribution in [2.24, 2.45) is 34.5 Å². The van der Waals surface area contributed by atoms with E-state index < -0.39 is 5.97 Å². The summed E-state index contributed by atoms with van der Waals surface area (Å²) in [5.41, 5.74) is 1.92. The van der Waals surface area contributed by atoms with Crippen molar-refractivity contribution in [2.75, 3.05) is 0 Å². The highest BCUT2D eigenvalue weighted by Crippen LogP contribution is 2.65. The molecule has 0 amide bonds. The highest BCUT2D eigenvalue weighted by Gasteiger charge is 2.59. The van der Waals surface area contributed by atoms with Crippen LogP contribution in [0.5, 0.6) is 0 Å². The van der Waals surface area contributed by atoms with E-state index in [0.717, 1.165) is 43.4 Å². The third-order valence-corrected chi connectivity index (χ3v) is 9.06. The number of Topliss-reactive ketones (excluding diaryl/α,β-unsaturated/α-hetero) is 1. The van der Waals surface area contributed by atoms with Crippen molar-refractivity contribution >= 4 is 11.8 Å². The van der Waals surface area contributed by atoms with E-state index in [2.05, 4.69) is 19.9 Å². The minimum atomic E-state index is -0.695. The molecule has 0 saturated heterocycles. The lowest BCUT2D eigenvalue weighted by atomic mass is 9.45. The summed E-state index contributed by atoms with van der Waals surface area (Å²) in [5, 5.41) is 8.86. The van der Waals surface area contributed by atoms with Crippen LogP contribution in [0.2, 0.25) is 0 Å². The molecule has 0 aromatic carbocycles. The molecule has 4 rings (SSSR count). The molecular formula is C23H34O3. The van der Waals surface area contributed by atoms with Crippen LogP contribution in [0.15, 0.2) is 11.6 Å². The van der Waals surface area contributed by atoms with Crippen LogP contribution in [0.1, 0.15) is 84.5 Å². The van der Waals surface area contributed by atoms with Crippen molar-refractivity contribution in [3.63, 3.8) is 0 Å². The van der Waals surface area contributed by atoms with Crippen molar-refractivity contribution in [1.82, 2.24) is 0 Å². The molecule has 0 radical (unpaired) electrons. The quantitative estimate of drug-likeness (QED) is 0.688. The van der Waals surface area contributed by atoms with E-state index in [1.165, 1.54) is 37.7 Å². The molecule has 3 nitrogen and oxygen atoms in total. The zero-order valence-corrected chi connectivity index (χ0v) is 16.4. The van der Waals surface area contributed by atoms with Crippen LogP contribution in [0.25, 0.3) is 0 Å². The predicted molar refractivity (Wildman–Crippen MR) is 102 cm³/mol. The Morgan fingerprint density at radius 3 is 2.69 bits per heavy atom. The summed E-state index contributed by atoms with van der Waals surface area (Å²) in [7, 11) is 0. The summed E-state index contributed by atoms with van der Waals surface area (Å²) in [6.45, 7) is 4.81. The summed E-state index contributed by atoms with van der Waals surface area (Å²) in [6.07, 6.45) is 13.7. The summed E-state index contributed by atoms with van der Waals surface area (Å²) in [6, 6.07) is 0. The molecule has 26 heavy (non-hydrogen) atoms. The maximum atomic E-state index is 12.5. The largest absolute Gasteiger partial charge is 0.481 e. The van der Waals surface area contributed by atoms with Crippen LogP contribution in [-0.4, -0.2) is 16.9 Å². The van der Waals surface area contributed by atoms with Crippen LogP contribution >= 0.6 is 0 Å². The van der Waals surface area contributed by atoms with Crippen molar-refractivity contribution in [3.8, 4) is 0 Å². The number of allylic oxidation sites excluding steroid dienone is 2. The van der Waals surface area contributed by atoms with E-state index in [1.807, 2.05) is 0 Å². The molecule has 4 saturated carbocycles. The minimum Gasteiger partial charge on any atom is -0.481 e. The van der Waals surface area contributed by atoms with Crippen molar-refractivity contribution in [1.29, 1.82) is 0 Å². The van der Waals surface area contributed by atoms with Crippen LogP contribution in [0.3, 0.4) is 0 Å². The van der Waals surface area contributed by atoms with E-state index in [9.17, 15) is 9.59 Å². The highest BCUT2D eigenvalue weighted by molar-refractivity contribution is 5.87. The average Bonchev–Trinajstić information content (AvgIpc) is 2.90. The summed E-state index contributed by atoms with van der Waals surface area (Å²) in [4.78, 5) is 23.3. The van der Waals surface area contributed by atoms with Crippen LogP contribution in [0.4, 0.5) is 0 Å². The second-order valence-corrected chi connectivity index (χ2v) is 10.1. The number of aliphatic carboxylic acids is 1. The number of carboxylic acid groups (broad SMARTS) is 1. The number of fused-ring (bicyclic) bond motifs is 5. The van der Waals surface area contributed by atoms with Crippen molar-refractivity contribution < 1.29 is 14.7 Å².